The van der Waals surface area contributed by atoms with E-state index in [1.807, 2.05) is 12.1 Å². The highest BCUT2D eigenvalue weighted by molar-refractivity contribution is 5.94. The first-order valence-electron chi connectivity index (χ1n) is 7.51. The number of ether oxygens (including phenoxy) is 2. The van der Waals surface area contributed by atoms with Crippen LogP contribution in [-0.4, -0.2) is 26.7 Å². The van der Waals surface area contributed by atoms with Crippen LogP contribution in [0.4, 0.5) is 13.2 Å². The number of methoxy groups -OCH3 is 2. The van der Waals surface area contributed by atoms with E-state index in [-0.39, 0.29) is 5.56 Å². The molecule has 2 aromatic carbocycles. The second-order valence-electron chi connectivity index (χ2n) is 5.27. The maximum atomic E-state index is 12.5. The maximum absolute atomic E-state index is 12.5. The largest absolute Gasteiger partial charge is 0.493 e. The molecule has 2 aromatic rings. The fourth-order valence-electron chi connectivity index (χ4n) is 2.27. The molecule has 134 valence electrons. The van der Waals surface area contributed by atoms with Crippen molar-refractivity contribution in [3.63, 3.8) is 0 Å². The summed E-state index contributed by atoms with van der Waals surface area (Å²) in [5.74, 6) is 0.781. The summed E-state index contributed by atoms with van der Waals surface area (Å²) in [6.07, 6.45) is -3.87. The maximum Gasteiger partial charge on any atom is 0.416 e. The summed E-state index contributed by atoms with van der Waals surface area (Å²) >= 11 is 0. The number of alkyl halides is 3. The lowest BCUT2D eigenvalue weighted by atomic mass is 10.1. The van der Waals surface area contributed by atoms with Crippen molar-refractivity contribution >= 4 is 5.91 Å². The molecule has 4 nitrogen and oxygen atoms in total. The van der Waals surface area contributed by atoms with Crippen molar-refractivity contribution in [2.75, 3.05) is 20.8 Å². The molecule has 25 heavy (non-hydrogen) atoms. The molecule has 0 heterocycles. The summed E-state index contributed by atoms with van der Waals surface area (Å²) in [5.41, 5.74) is 0.333. The molecule has 2 rings (SSSR count). The molecule has 0 saturated carbocycles. The highest BCUT2D eigenvalue weighted by Crippen LogP contribution is 2.29. The fraction of sp³-hybridized carbons (Fsp3) is 0.278. The van der Waals surface area contributed by atoms with Gasteiger partial charge in [0, 0.05) is 12.1 Å². The third kappa shape index (κ3) is 4.89. The van der Waals surface area contributed by atoms with Crippen molar-refractivity contribution in [3.05, 3.63) is 59.2 Å². The van der Waals surface area contributed by atoms with Crippen molar-refractivity contribution in [2.24, 2.45) is 0 Å². The van der Waals surface area contributed by atoms with Gasteiger partial charge in [0.2, 0.25) is 0 Å². The Kier molecular flexibility index (Phi) is 5.90. The lowest BCUT2D eigenvalue weighted by molar-refractivity contribution is -0.137. The second-order valence-corrected chi connectivity index (χ2v) is 5.27. The van der Waals surface area contributed by atoms with Gasteiger partial charge in [0.1, 0.15) is 0 Å². The van der Waals surface area contributed by atoms with Gasteiger partial charge in [0.25, 0.3) is 5.91 Å². The molecule has 0 atom stereocenters. The fourth-order valence-corrected chi connectivity index (χ4v) is 2.27. The number of halogens is 3. The highest BCUT2D eigenvalue weighted by atomic mass is 19.4. The molecular formula is C18H18F3NO3. The molecular weight excluding hydrogens is 335 g/mol. The molecule has 0 aliphatic heterocycles. The van der Waals surface area contributed by atoms with Crippen molar-refractivity contribution in [3.8, 4) is 11.5 Å². The average molecular weight is 353 g/mol. The Morgan fingerprint density at radius 3 is 2.20 bits per heavy atom. The smallest absolute Gasteiger partial charge is 0.416 e. The van der Waals surface area contributed by atoms with Gasteiger partial charge < -0.3 is 14.8 Å². The lowest BCUT2D eigenvalue weighted by Crippen LogP contribution is -2.25. The van der Waals surface area contributed by atoms with E-state index in [9.17, 15) is 18.0 Å². The summed E-state index contributed by atoms with van der Waals surface area (Å²) in [6.45, 7) is 0.343. The van der Waals surface area contributed by atoms with Crippen molar-refractivity contribution in [2.45, 2.75) is 12.6 Å². The Labute approximate surface area is 143 Å². The van der Waals surface area contributed by atoms with Crippen LogP contribution in [0.5, 0.6) is 11.5 Å². The monoisotopic (exact) mass is 353 g/mol. The minimum absolute atomic E-state index is 0.181. The van der Waals surface area contributed by atoms with Crippen LogP contribution >= 0.6 is 0 Å². The van der Waals surface area contributed by atoms with Crippen molar-refractivity contribution in [1.29, 1.82) is 0 Å². The molecule has 0 aliphatic rings. The topological polar surface area (TPSA) is 47.6 Å². The van der Waals surface area contributed by atoms with E-state index >= 15 is 0 Å². The molecule has 0 aromatic heterocycles. The zero-order chi connectivity index (χ0) is 18.4. The third-order valence-corrected chi connectivity index (χ3v) is 3.62. The van der Waals surface area contributed by atoms with Crippen LogP contribution in [-0.2, 0) is 12.6 Å². The summed E-state index contributed by atoms with van der Waals surface area (Å²) in [4.78, 5) is 12.0. The standard InChI is InChI=1S/C18H18F3NO3/c1-24-15-8-3-12(11-16(15)25-2)9-10-22-17(23)13-4-6-14(7-5-13)18(19,20)21/h3-8,11H,9-10H2,1-2H3,(H,22,23). The van der Waals surface area contributed by atoms with Gasteiger partial charge in [0.05, 0.1) is 19.8 Å². The summed E-state index contributed by atoms with van der Waals surface area (Å²) < 4.78 is 47.9. The van der Waals surface area contributed by atoms with E-state index < -0.39 is 17.6 Å². The minimum Gasteiger partial charge on any atom is -0.493 e. The number of carbonyl (C=O) groups is 1. The predicted octanol–water partition coefficient (Wildman–Crippen LogP) is 3.70. The molecule has 1 amide bonds. The van der Waals surface area contributed by atoms with Gasteiger partial charge in [-0.3, -0.25) is 4.79 Å². The molecule has 0 aliphatic carbocycles. The summed E-state index contributed by atoms with van der Waals surface area (Å²) in [6, 6.07) is 9.54. The summed E-state index contributed by atoms with van der Waals surface area (Å²) in [5, 5.41) is 2.68. The van der Waals surface area contributed by atoms with Crippen LogP contribution in [0.3, 0.4) is 0 Å². The Balaban J connectivity index is 1.92. The van der Waals surface area contributed by atoms with Crippen LogP contribution in [0.25, 0.3) is 0 Å². The molecule has 0 fully saturated rings. The van der Waals surface area contributed by atoms with Gasteiger partial charge in [-0.1, -0.05) is 6.07 Å². The van der Waals surface area contributed by atoms with E-state index in [1.54, 1.807) is 13.2 Å². The van der Waals surface area contributed by atoms with Gasteiger partial charge in [-0.05, 0) is 48.4 Å². The molecule has 0 spiro atoms. The number of carbonyl (C=O) groups excluding carboxylic acids is 1. The zero-order valence-electron chi connectivity index (χ0n) is 13.8. The molecule has 0 bridgehead atoms. The van der Waals surface area contributed by atoms with Gasteiger partial charge in [-0.2, -0.15) is 13.2 Å². The number of hydrogen-bond acceptors (Lipinski definition) is 3. The number of hydrogen-bond donors (Lipinski definition) is 1. The van der Waals surface area contributed by atoms with E-state index in [2.05, 4.69) is 5.32 Å². The van der Waals surface area contributed by atoms with Crippen LogP contribution in [0.1, 0.15) is 21.5 Å². The average Bonchev–Trinajstić information content (AvgIpc) is 2.60. The summed E-state index contributed by atoms with van der Waals surface area (Å²) in [7, 11) is 3.08. The van der Waals surface area contributed by atoms with Crippen molar-refractivity contribution < 1.29 is 27.4 Å². The molecule has 0 unspecified atom stereocenters. The van der Waals surface area contributed by atoms with E-state index in [4.69, 9.17) is 9.47 Å². The number of amides is 1. The minimum atomic E-state index is -4.41. The second kappa shape index (κ2) is 7.92. The molecule has 0 radical (unpaired) electrons. The third-order valence-electron chi connectivity index (χ3n) is 3.62. The normalized spacial score (nSPS) is 11.1. The van der Waals surface area contributed by atoms with Crippen LogP contribution in [0, 0.1) is 0 Å². The van der Waals surface area contributed by atoms with Gasteiger partial charge in [0.15, 0.2) is 11.5 Å². The van der Waals surface area contributed by atoms with Gasteiger partial charge >= 0.3 is 6.18 Å². The quantitative estimate of drug-likeness (QED) is 0.862. The van der Waals surface area contributed by atoms with Gasteiger partial charge in [-0.15, -0.1) is 0 Å². The SMILES string of the molecule is COc1ccc(CCNC(=O)c2ccc(C(F)(F)F)cc2)cc1OC. The first-order valence-corrected chi connectivity index (χ1v) is 7.51. The predicted molar refractivity (Wildman–Crippen MR) is 87.0 cm³/mol. The van der Waals surface area contributed by atoms with E-state index in [0.717, 1.165) is 29.8 Å². The zero-order valence-corrected chi connectivity index (χ0v) is 13.8. The number of rotatable bonds is 6. The first-order chi connectivity index (χ1) is 11.8. The van der Waals surface area contributed by atoms with Gasteiger partial charge in [-0.25, -0.2) is 0 Å². The number of benzene rings is 2. The number of nitrogens with one attached hydrogen (secondary N) is 1. The van der Waals surface area contributed by atoms with E-state index in [0.29, 0.717) is 24.5 Å². The van der Waals surface area contributed by atoms with Crippen LogP contribution < -0.4 is 14.8 Å². The van der Waals surface area contributed by atoms with E-state index in [1.165, 1.54) is 7.11 Å². The Bertz CT molecular complexity index is 727. The van der Waals surface area contributed by atoms with Crippen molar-refractivity contribution in [1.82, 2.24) is 5.32 Å². The molecule has 0 saturated heterocycles. The lowest BCUT2D eigenvalue weighted by Gasteiger charge is -2.10. The van der Waals surface area contributed by atoms with Crippen LogP contribution in [0.15, 0.2) is 42.5 Å². The highest BCUT2D eigenvalue weighted by Gasteiger charge is 2.30. The first kappa shape index (κ1) is 18.6. The van der Waals surface area contributed by atoms with Crippen LogP contribution in [0.2, 0.25) is 0 Å². The molecule has 7 heteroatoms. The molecule has 1 N–H and O–H groups in total. The Hall–Kier alpha value is -2.70. The Morgan fingerprint density at radius 1 is 1.00 bits per heavy atom. The Morgan fingerprint density at radius 2 is 1.64 bits per heavy atom.